The lowest BCUT2D eigenvalue weighted by molar-refractivity contribution is 0.0600. The van der Waals surface area contributed by atoms with Crippen LogP contribution in [-0.4, -0.2) is 33.5 Å². The first-order chi connectivity index (χ1) is 16.5. The number of methoxy groups -OCH3 is 1. The van der Waals surface area contributed by atoms with Gasteiger partial charge >= 0.3 is 5.97 Å². The van der Waals surface area contributed by atoms with Crippen LogP contribution in [0.2, 0.25) is 0 Å². The van der Waals surface area contributed by atoms with E-state index in [0.717, 1.165) is 27.1 Å². The first kappa shape index (κ1) is 24.6. The summed E-state index contributed by atoms with van der Waals surface area (Å²) in [5.41, 5.74) is 4.27. The zero-order chi connectivity index (χ0) is 25.5. The van der Waals surface area contributed by atoms with Crippen molar-refractivity contribution in [2.24, 2.45) is 5.10 Å². The zero-order valence-corrected chi connectivity index (χ0v) is 22.2. The molecule has 35 heavy (non-hydrogen) atoms. The number of aromatic nitrogens is 3. The van der Waals surface area contributed by atoms with Crippen LogP contribution in [0.4, 0.5) is 0 Å². The Kier molecular flexibility index (Phi) is 6.51. The molecule has 0 bridgehead atoms. The highest BCUT2D eigenvalue weighted by molar-refractivity contribution is 9.10. The smallest absolute Gasteiger partial charge is 0.337 e. The summed E-state index contributed by atoms with van der Waals surface area (Å²) in [7, 11) is 1.36. The van der Waals surface area contributed by atoms with E-state index in [1.165, 1.54) is 11.8 Å². The molecule has 4 aromatic rings. The Morgan fingerprint density at radius 2 is 1.77 bits per heavy atom. The van der Waals surface area contributed by atoms with Crippen molar-refractivity contribution >= 4 is 39.0 Å². The molecule has 0 aliphatic carbocycles. The lowest BCUT2D eigenvalue weighted by Crippen LogP contribution is -2.29. The number of carbonyl (C=O) groups is 1. The maximum Gasteiger partial charge on any atom is 0.337 e. The second-order valence-electron chi connectivity index (χ2n) is 9.41. The summed E-state index contributed by atoms with van der Waals surface area (Å²) in [6, 6.07) is 14.7. The topological polar surface area (TPSA) is 78.5 Å². The SMILES string of the molecule is COC(=O)c1ccc(-n2c(C)cc(C=Nn3c(C(C)(C)C)nc4ccc(Br)cc4c3=O)c2C)cc1. The van der Waals surface area contributed by atoms with E-state index < -0.39 is 5.41 Å². The predicted octanol–water partition coefficient (Wildman–Crippen LogP) is 5.53. The Labute approximate surface area is 212 Å². The molecule has 2 heterocycles. The standard InChI is InChI=1S/C27H27BrN4O3/c1-16-13-19(17(2)31(16)21-10-7-18(8-11-21)25(34)35-6)15-29-32-24(33)22-14-20(28)9-12-23(22)30-26(32)27(3,4)5/h7-15H,1-6H3. The number of nitrogens with zero attached hydrogens (tertiary/aromatic N) is 4. The average Bonchev–Trinajstić information content (AvgIpc) is 3.10. The van der Waals surface area contributed by atoms with Gasteiger partial charge in [-0.05, 0) is 62.4 Å². The minimum absolute atomic E-state index is 0.218. The summed E-state index contributed by atoms with van der Waals surface area (Å²) in [5.74, 6) is 0.210. The number of hydrogen-bond acceptors (Lipinski definition) is 5. The van der Waals surface area contributed by atoms with Crippen LogP contribution >= 0.6 is 15.9 Å². The molecule has 4 rings (SSSR count). The quantitative estimate of drug-likeness (QED) is 0.254. The van der Waals surface area contributed by atoms with Gasteiger partial charge < -0.3 is 9.30 Å². The Hall–Kier alpha value is -3.52. The summed E-state index contributed by atoms with van der Waals surface area (Å²) < 4.78 is 9.06. The molecule has 2 aromatic heterocycles. The molecule has 0 atom stereocenters. The van der Waals surface area contributed by atoms with Gasteiger partial charge in [0.15, 0.2) is 0 Å². The van der Waals surface area contributed by atoms with Crippen LogP contribution in [0.1, 0.15) is 53.9 Å². The highest BCUT2D eigenvalue weighted by Crippen LogP contribution is 2.24. The molecule has 8 heteroatoms. The maximum atomic E-state index is 13.4. The second kappa shape index (κ2) is 9.26. The van der Waals surface area contributed by atoms with Crippen molar-refractivity contribution < 1.29 is 9.53 Å². The van der Waals surface area contributed by atoms with Gasteiger partial charge in [0.05, 0.1) is 29.8 Å². The van der Waals surface area contributed by atoms with Crippen LogP contribution in [0.3, 0.4) is 0 Å². The molecule has 0 radical (unpaired) electrons. The summed E-state index contributed by atoms with van der Waals surface area (Å²) in [6.07, 6.45) is 1.70. The van der Waals surface area contributed by atoms with Crippen LogP contribution < -0.4 is 5.56 Å². The number of esters is 1. The Morgan fingerprint density at radius 1 is 1.09 bits per heavy atom. The molecule has 7 nitrogen and oxygen atoms in total. The van der Waals surface area contributed by atoms with E-state index in [2.05, 4.69) is 25.6 Å². The third-order valence-corrected chi connectivity index (χ3v) is 6.30. The van der Waals surface area contributed by atoms with Gasteiger partial charge in [-0.1, -0.05) is 36.7 Å². The number of halogens is 1. The van der Waals surface area contributed by atoms with Crippen LogP contribution in [0.5, 0.6) is 0 Å². The van der Waals surface area contributed by atoms with Crippen molar-refractivity contribution in [3.8, 4) is 5.69 Å². The predicted molar refractivity (Wildman–Crippen MR) is 142 cm³/mol. The van der Waals surface area contributed by atoms with Gasteiger partial charge in [0, 0.05) is 32.5 Å². The first-order valence-electron chi connectivity index (χ1n) is 11.2. The molecule has 0 spiro atoms. The Bertz CT molecular complexity index is 1520. The molecule has 0 N–H and O–H groups in total. The monoisotopic (exact) mass is 534 g/mol. The molecule has 0 unspecified atom stereocenters. The van der Waals surface area contributed by atoms with Crippen LogP contribution in [-0.2, 0) is 10.2 Å². The van der Waals surface area contributed by atoms with E-state index in [0.29, 0.717) is 22.3 Å². The van der Waals surface area contributed by atoms with Gasteiger partial charge in [-0.3, -0.25) is 4.79 Å². The molecule has 0 saturated carbocycles. The fraction of sp³-hybridized carbons (Fsp3) is 0.259. The zero-order valence-electron chi connectivity index (χ0n) is 20.6. The maximum absolute atomic E-state index is 13.4. The molecule has 180 valence electrons. The highest BCUT2D eigenvalue weighted by atomic mass is 79.9. The van der Waals surface area contributed by atoms with Crippen LogP contribution in [0, 0.1) is 13.8 Å². The van der Waals surface area contributed by atoms with Crippen LogP contribution in [0.15, 0.2) is 62.9 Å². The van der Waals surface area contributed by atoms with Crippen LogP contribution in [0.25, 0.3) is 16.6 Å². The number of ether oxygens (including phenoxy) is 1. The first-order valence-corrected chi connectivity index (χ1v) is 12.0. The summed E-state index contributed by atoms with van der Waals surface area (Å²) in [6.45, 7) is 10.0. The number of rotatable bonds is 4. The van der Waals surface area contributed by atoms with Gasteiger partial charge in [0.25, 0.3) is 5.56 Å². The van der Waals surface area contributed by atoms with E-state index >= 15 is 0 Å². The molecule has 0 fully saturated rings. The fourth-order valence-electron chi connectivity index (χ4n) is 4.04. The summed E-state index contributed by atoms with van der Waals surface area (Å²) in [4.78, 5) is 29.9. The molecular weight excluding hydrogens is 508 g/mol. The van der Waals surface area contributed by atoms with E-state index in [4.69, 9.17) is 9.72 Å². The fourth-order valence-corrected chi connectivity index (χ4v) is 4.40. The molecular formula is C27H27BrN4O3. The number of aryl methyl sites for hydroxylation is 1. The van der Waals surface area contributed by atoms with E-state index in [1.807, 2.05) is 65.0 Å². The van der Waals surface area contributed by atoms with E-state index in [-0.39, 0.29) is 11.5 Å². The second-order valence-corrected chi connectivity index (χ2v) is 10.3. The minimum Gasteiger partial charge on any atom is -0.465 e. The molecule has 0 saturated heterocycles. The molecule has 0 aliphatic rings. The lowest BCUT2D eigenvalue weighted by Gasteiger charge is -2.20. The highest BCUT2D eigenvalue weighted by Gasteiger charge is 2.23. The largest absolute Gasteiger partial charge is 0.465 e. The molecule has 2 aromatic carbocycles. The van der Waals surface area contributed by atoms with Gasteiger partial charge in [0.1, 0.15) is 5.82 Å². The van der Waals surface area contributed by atoms with Crippen molar-refractivity contribution in [1.29, 1.82) is 0 Å². The third-order valence-electron chi connectivity index (χ3n) is 5.81. The van der Waals surface area contributed by atoms with Crippen molar-refractivity contribution in [2.45, 2.75) is 40.0 Å². The summed E-state index contributed by atoms with van der Waals surface area (Å²) in [5, 5.41) is 5.11. The Morgan fingerprint density at radius 3 is 2.40 bits per heavy atom. The minimum atomic E-state index is -0.393. The van der Waals surface area contributed by atoms with E-state index in [1.54, 1.807) is 24.4 Å². The van der Waals surface area contributed by atoms with Crippen molar-refractivity contribution in [1.82, 2.24) is 14.2 Å². The third kappa shape index (κ3) is 4.71. The van der Waals surface area contributed by atoms with Crippen molar-refractivity contribution in [2.75, 3.05) is 7.11 Å². The number of hydrogen-bond donors (Lipinski definition) is 0. The normalized spacial score (nSPS) is 12.0. The van der Waals surface area contributed by atoms with Gasteiger partial charge in [-0.15, -0.1) is 0 Å². The number of carbonyl (C=O) groups excluding carboxylic acids is 1. The van der Waals surface area contributed by atoms with Crippen molar-refractivity contribution in [3.63, 3.8) is 0 Å². The lowest BCUT2D eigenvalue weighted by atomic mass is 9.95. The number of benzene rings is 2. The molecule has 0 amide bonds. The van der Waals surface area contributed by atoms with Gasteiger partial charge in [-0.25, -0.2) is 9.78 Å². The molecule has 0 aliphatic heterocycles. The summed E-state index contributed by atoms with van der Waals surface area (Å²) >= 11 is 3.44. The Balaban J connectivity index is 1.80. The van der Waals surface area contributed by atoms with Gasteiger partial charge in [0.2, 0.25) is 0 Å². The van der Waals surface area contributed by atoms with E-state index in [9.17, 15) is 9.59 Å². The number of fused-ring (bicyclic) bond motifs is 1. The van der Waals surface area contributed by atoms with Gasteiger partial charge in [-0.2, -0.15) is 9.78 Å². The average molecular weight is 535 g/mol. The van der Waals surface area contributed by atoms with Crippen molar-refractivity contribution in [3.05, 3.63) is 91.7 Å².